The fourth-order valence-corrected chi connectivity index (χ4v) is 4.89. The largest absolute Gasteiger partial charge is 0.493 e. The van der Waals surface area contributed by atoms with E-state index in [1.165, 1.54) is 68.8 Å². The van der Waals surface area contributed by atoms with Crippen LogP contribution in [-0.2, 0) is 20.0 Å². The van der Waals surface area contributed by atoms with Crippen LogP contribution in [0.2, 0.25) is 5.02 Å². The van der Waals surface area contributed by atoms with Crippen LogP contribution in [0.4, 0.5) is 11.4 Å². The topological polar surface area (TPSA) is 111 Å². The minimum absolute atomic E-state index is 0.0310. The number of hydrogen-bond donors (Lipinski definition) is 2. The van der Waals surface area contributed by atoms with E-state index in [0.29, 0.717) is 16.5 Å². The minimum atomic E-state index is -3.93. The summed E-state index contributed by atoms with van der Waals surface area (Å²) in [5.74, 6) is 0.657. The second-order valence-corrected chi connectivity index (χ2v) is 10.1. The van der Waals surface area contributed by atoms with E-state index >= 15 is 0 Å². The number of methoxy groups -OCH3 is 2. The zero-order chi connectivity index (χ0) is 22.6. The second kappa shape index (κ2) is 9.04. The van der Waals surface area contributed by atoms with Crippen molar-refractivity contribution in [1.29, 1.82) is 0 Å². The Morgan fingerprint density at radius 3 is 1.61 bits per heavy atom. The predicted molar refractivity (Wildman–Crippen MR) is 119 cm³/mol. The molecule has 0 aliphatic rings. The number of rotatable bonds is 8. The van der Waals surface area contributed by atoms with E-state index in [1.54, 1.807) is 12.1 Å². The number of ether oxygens (including phenoxy) is 2. The average Bonchev–Trinajstić information content (AvgIpc) is 2.74. The molecule has 0 atom stereocenters. The van der Waals surface area contributed by atoms with Crippen molar-refractivity contribution in [1.82, 2.24) is 0 Å². The summed E-state index contributed by atoms with van der Waals surface area (Å²) in [7, 11) is -4.94. The fraction of sp³-hybridized carbons (Fsp3) is 0.100. The van der Waals surface area contributed by atoms with E-state index in [2.05, 4.69) is 9.44 Å². The molecule has 3 aromatic carbocycles. The fourth-order valence-electron chi connectivity index (χ4n) is 2.63. The third-order valence-electron chi connectivity index (χ3n) is 4.18. The molecule has 0 saturated carbocycles. The lowest BCUT2D eigenvalue weighted by Gasteiger charge is -2.12. The molecule has 164 valence electrons. The average molecular weight is 483 g/mol. The SMILES string of the molecule is COc1ccc(S(=O)(=O)Nc2ccc(S(=O)(=O)Nc3ccc(Cl)cc3)cc2)cc1OC. The first-order valence-corrected chi connectivity index (χ1v) is 12.1. The summed E-state index contributed by atoms with van der Waals surface area (Å²) in [5.41, 5.74) is 0.544. The van der Waals surface area contributed by atoms with Crippen molar-refractivity contribution in [2.45, 2.75) is 9.79 Å². The highest BCUT2D eigenvalue weighted by Gasteiger charge is 2.19. The van der Waals surface area contributed by atoms with Crippen LogP contribution in [-0.4, -0.2) is 31.1 Å². The van der Waals surface area contributed by atoms with Crippen molar-refractivity contribution < 1.29 is 26.3 Å². The maximum atomic E-state index is 12.7. The van der Waals surface area contributed by atoms with Gasteiger partial charge in [-0.2, -0.15) is 0 Å². The first kappa shape index (κ1) is 22.7. The molecule has 0 bridgehead atoms. The summed E-state index contributed by atoms with van der Waals surface area (Å²) in [6, 6.07) is 15.7. The molecule has 0 fully saturated rings. The summed E-state index contributed by atoms with van der Waals surface area (Å²) < 4.78 is 65.5. The summed E-state index contributed by atoms with van der Waals surface area (Å²) in [6.45, 7) is 0. The molecular formula is C20H19ClN2O6S2. The van der Waals surface area contributed by atoms with Gasteiger partial charge in [0, 0.05) is 22.5 Å². The summed E-state index contributed by atoms with van der Waals surface area (Å²) in [4.78, 5) is -0.0669. The Kier molecular flexibility index (Phi) is 6.63. The second-order valence-electron chi connectivity index (χ2n) is 6.26. The quantitative estimate of drug-likeness (QED) is 0.502. The van der Waals surface area contributed by atoms with E-state index in [0.717, 1.165) is 0 Å². The molecule has 0 unspecified atom stereocenters. The standard InChI is InChI=1S/C20H19ClN2O6S2/c1-28-19-12-11-18(13-20(19)29-2)31(26,27)23-16-7-9-17(10-8-16)30(24,25)22-15-5-3-14(21)4-6-15/h3-13,22-23H,1-2H3. The Morgan fingerprint density at radius 1 is 0.645 bits per heavy atom. The lowest BCUT2D eigenvalue weighted by Crippen LogP contribution is -2.14. The van der Waals surface area contributed by atoms with Crippen LogP contribution in [0.25, 0.3) is 0 Å². The molecule has 0 aromatic heterocycles. The summed E-state index contributed by atoms with van der Waals surface area (Å²) in [5, 5.41) is 0.481. The van der Waals surface area contributed by atoms with Crippen molar-refractivity contribution in [3.8, 4) is 11.5 Å². The molecule has 2 N–H and O–H groups in total. The molecule has 11 heteroatoms. The van der Waals surface area contributed by atoms with Crippen LogP contribution >= 0.6 is 11.6 Å². The molecular weight excluding hydrogens is 464 g/mol. The van der Waals surface area contributed by atoms with Gasteiger partial charge in [0.05, 0.1) is 24.0 Å². The Labute approximate surface area is 185 Å². The predicted octanol–water partition coefficient (Wildman–Crippen LogP) is 3.96. The number of sulfonamides is 2. The molecule has 0 heterocycles. The van der Waals surface area contributed by atoms with Crippen molar-refractivity contribution in [2.24, 2.45) is 0 Å². The van der Waals surface area contributed by atoms with Gasteiger partial charge in [-0.05, 0) is 60.7 Å². The minimum Gasteiger partial charge on any atom is -0.493 e. The first-order valence-electron chi connectivity index (χ1n) is 8.78. The zero-order valence-electron chi connectivity index (χ0n) is 16.5. The van der Waals surface area contributed by atoms with Gasteiger partial charge in [-0.15, -0.1) is 0 Å². The van der Waals surface area contributed by atoms with Crippen molar-refractivity contribution in [3.63, 3.8) is 0 Å². The molecule has 0 spiro atoms. The molecule has 0 aliphatic carbocycles. The maximum Gasteiger partial charge on any atom is 0.262 e. The molecule has 0 saturated heterocycles. The van der Waals surface area contributed by atoms with E-state index in [-0.39, 0.29) is 21.2 Å². The highest BCUT2D eigenvalue weighted by molar-refractivity contribution is 7.93. The molecule has 0 radical (unpaired) electrons. The van der Waals surface area contributed by atoms with E-state index in [1.807, 2.05) is 0 Å². The molecule has 3 aromatic rings. The number of anilines is 2. The van der Waals surface area contributed by atoms with E-state index < -0.39 is 20.0 Å². The monoisotopic (exact) mass is 482 g/mol. The molecule has 0 amide bonds. The molecule has 0 aliphatic heterocycles. The zero-order valence-corrected chi connectivity index (χ0v) is 18.9. The third-order valence-corrected chi connectivity index (χ3v) is 7.21. The number of hydrogen-bond acceptors (Lipinski definition) is 6. The van der Waals surface area contributed by atoms with Gasteiger partial charge in [0.2, 0.25) is 0 Å². The lowest BCUT2D eigenvalue weighted by atomic mass is 10.3. The van der Waals surface area contributed by atoms with Crippen LogP contribution in [0.1, 0.15) is 0 Å². The van der Waals surface area contributed by atoms with E-state index in [9.17, 15) is 16.8 Å². The normalized spacial score (nSPS) is 11.6. The lowest BCUT2D eigenvalue weighted by molar-refractivity contribution is 0.354. The van der Waals surface area contributed by atoms with Crippen LogP contribution in [0, 0.1) is 0 Å². The van der Waals surface area contributed by atoms with Gasteiger partial charge in [-0.3, -0.25) is 9.44 Å². The summed E-state index contributed by atoms with van der Waals surface area (Å²) in [6.07, 6.45) is 0. The van der Waals surface area contributed by atoms with Gasteiger partial charge in [0.25, 0.3) is 20.0 Å². The first-order chi connectivity index (χ1) is 14.6. The van der Waals surface area contributed by atoms with Gasteiger partial charge in [-0.1, -0.05) is 11.6 Å². The number of benzene rings is 3. The van der Waals surface area contributed by atoms with Gasteiger partial charge in [0.1, 0.15) is 0 Å². The Balaban J connectivity index is 1.79. The molecule has 3 rings (SSSR count). The van der Waals surface area contributed by atoms with Gasteiger partial charge >= 0.3 is 0 Å². The molecule has 31 heavy (non-hydrogen) atoms. The van der Waals surface area contributed by atoms with Crippen molar-refractivity contribution in [3.05, 3.63) is 71.8 Å². The van der Waals surface area contributed by atoms with Gasteiger partial charge < -0.3 is 9.47 Å². The Morgan fingerprint density at radius 2 is 1.10 bits per heavy atom. The smallest absolute Gasteiger partial charge is 0.262 e. The van der Waals surface area contributed by atoms with Crippen LogP contribution < -0.4 is 18.9 Å². The van der Waals surface area contributed by atoms with Crippen LogP contribution in [0.15, 0.2) is 76.5 Å². The Bertz CT molecular complexity index is 1280. The van der Waals surface area contributed by atoms with Crippen LogP contribution in [0.3, 0.4) is 0 Å². The van der Waals surface area contributed by atoms with Gasteiger partial charge in [-0.25, -0.2) is 16.8 Å². The van der Waals surface area contributed by atoms with Crippen LogP contribution in [0.5, 0.6) is 11.5 Å². The van der Waals surface area contributed by atoms with Gasteiger partial charge in [0.15, 0.2) is 11.5 Å². The maximum absolute atomic E-state index is 12.7. The van der Waals surface area contributed by atoms with E-state index in [4.69, 9.17) is 21.1 Å². The van der Waals surface area contributed by atoms with Crippen molar-refractivity contribution in [2.75, 3.05) is 23.7 Å². The number of halogens is 1. The Hall–Kier alpha value is -2.95. The molecule has 8 nitrogen and oxygen atoms in total. The van der Waals surface area contributed by atoms with Crippen molar-refractivity contribution >= 4 is 43.0 Å². The highest BCUT2D eigenvalue weighted by atomic mass is 35.5. The number of nitrogens with one attached hydrogen (secondary N) is 2. The summed E-state index contributed by atoms with van der Waals surface area (Å²) >= 11 is 5.80. The third kappa shape index (κ3) is 5.40. The highest BCUT2D eigenvalue weighted by Crippen LogP contribution is 2.30.